The molecule has 4 heteroatoms. The molecular weight excluding hydrogens is 320 g/mol. The number of nitrogens with one attached hydrogen (secondary N) is 1. The molecule has 0 spiro atoms. The number of aromatic nitrogens is 2. The second-order valence-electron chi connectivity index (χ2n) is 6.78. The first-order valence-corrected chi connectivity index (χ1v) is 9.92. The summed E-state index contributed by atoms with van der Waals surface area (Å²) < 4.78 is 0. The molecule has 0 bridgehead atoms. The summed E-state index contributed by atoms with van der Waals surface area (Å²) in [6.45, 7) is 8.58. The van der Waals surface area contributed by atoms with Crippen LogP contribution in [0.15, 0.2) is 35.4 Å². The number of hydrogen-bond acceptors (Lipinski definition) is 4. The molecule has 2 rings (SSSR count). The summed E-state index contributed by atoms with van der Waals surface area (Å²) in [6.07, 6.45) is 7.64. The number of aryl methyl sites for hydroxylation is 3. The maximum absolute atomic E-state index is 4.63. The molecule has 4 nitrogen and oxygen atoms in total. The zero-order chi connectivity index (χ0) is 18.8. The summed E-state index contributed by atoms with van der Waals surface area (Å²) >= 11 is 0. The fourth-order valence-corrected chi connectivity index (χ4v) is 2.87. The minimum absolute atomic E-state index is 0.601. The number of hydrogen-bond donors (Lipinski definition) is 1. The average Bonchev–Trinajstić information content (AvgIpc) is 2.65. The van der Waals surface area contributed by atoms with E-state index in [4.69, 9.17) is 0 Å². The molecule has 0 atom stereocenters. The molecule has 0 saturated carbocycles. The van der Waals surface area contributed by atoms with Gasteiger partial charge in [-0.15, -0.1) is 0 Å². The molecule has 0 saturated heterocycles. The fourth-order valence-electron chi connectivity index (χ4n) is 2.87. The Kier molecular flexibility index (Phi) is 8.26. The Labute approximate surface area is 158 Å². The van der Waals surface area contributed by atoms with Gasteiger partial charge in [-0.2, -0.15) is 5.10 Å². The monoisotopic (exact) mass is 352 g/mol. The maximum atomic E-state index is 4.63. The maximum Gasteiger partial charge on any atom is 0.243 e. The minimum atomic E-state index is 0.601. The first kappa shape index (κ1) is 20.1. The second kappa shape index (κ2) is 10.7. The van der Waals surface area contributed by atoms with E-state index in [2.05, 4.69) is 71.6 Å². The van der Waals surface area contributed by atoms with E-state index >= 15 is 0 Å². The van der Waals surface area contributed by atoms with E-state index < -0.39 is 0 Å². The Hall–Kier alpha value is -2.23. The van der Waals surface area contributed by atoms with Crippen molar-refractivity contribution in [1.82, 2.24) is 9.97 Å². The number of benzene rings is 1. The molecule has 1 aromatic carbocycles. The highest BCUT2D eigenvalue weighted by atomic mass is 15.4. The first-order valence-electron chi connectivity index (χ1n) is 9.92. The molecule has 0 fully saturated rings. The lowest BCUT2D eigenvalue weighted by Crippen LogP contribution is -2.06. The van der Waals surface area contributed by atoms with Crippen LogP contribution in [0.4, 0.5) is 5.95 Å². The van der Waals surface area contributed by atoms with Gasteiger partial charge in [0.15, 0.2) is 0 Å². The average molecular weight is 353 g/mol. The van der Waals surface area contributed by atoms with Crippen LogP contribution in [0.3, 0.4) is 0 Å². The highest BCUT2D eigenvalue weighted by Crippen LogP contribution is 2.12. The molecule has 0 radical (unpaired) electrons. The van der Waals surface area contributed by atoms with Crippen LogP contribution in [0.1, 0.15) is 75.9 Å². The van der Waals surface area contributed by atoms with Crippen molar-refractivity contribution in [2.45, 2.75) is 72.6 Å². The molecule has 1 N–H and O–H groups in total. The van der Waals surface area contributed by atoms with Gasteiger partial charge < -0.3 is 0 Å². The smallest absolute Gasteiger partial charge is 0.243 e. The van der Waals surface area contributed by atoms with Gasteiger partial charge in [-0.1, -0.05) is 64.3 Å². The molecule has 0 unspecified atom stereocenters. The quantitative estimate of drug-likeness (QED) is 0.450. The van der Waals surface area contributed by atoms with Gasteiger partial charge in [-0.3, -0.25) is 0 Å². The lowest BCUT2D eigenvalue weighted by atomic mass is 10.1. The molecule has 140 valence electrons. The van der Waals surface area contributed by atoms with Gasteiger partial charge in [-0.25, -0.2) is 15.4 Å². The number of anilines is 1. The third-order valence-electron chi connectivity index (χ3n) is 4.36. The van der Waals surface area contributed by atoms with Gasteiger partial charge in [-0.05, 0) is 49.8 Å². The SMILES string of the molecule is CCCCc1cc(CCC)nc(NN=C(C)c2ccc(CCC)cc2)n1. The molecule has 1 heterocycles. The van der Waals surface area contributed by atoms with Crippen molar-refractivity contribution in [3.05, 3.63) is 52.8 Å². The summed E-state index contributed by atoms with van der Waals surface area (Å²) in [5, 5.41) is 4.50. The zero-order valence-corrected chi connectivity index (χ0v) is 16.7. The van der Waals surface area contributed by atoms with Crippen LogP contribution >= 0.6 is 0 Å². The Morgan fingerprint density at radius 3 is 2.15 bits per heavy atom. The van der Waals surface area contributed by atoms with Crippen LogP contribution in [0.25, 0.3) is 0 Å². The molecule has 0 aliphatic carbocycles. The Morgan fingerprint density at radius 2 is 1.54 bits per heavy atom. The van der Waals surface area contributed by atoms with Crippen molar-refractivity contribution in [2.24, 2.45) is 5.10 Å². The number of hydrazone groups is 1. The minimum Gasteiger partial charge on any atom is -0.245 e. The summed E-state index contributed by atoms with van der Waals surface area (Å²) in [5.41, 5.74) is 8.68. The topological polar surface area (TPSA) is 50.2 Å². The lowest BCUT2D eigenvalue weighted by Gasteiger charge is -2.08. The summed E-state index contributed by atoms with van der Waals surface area (Å²) in [5.74, 6) is 0.601. The summed E-state index contributed by atoms with van der Waals surface area (Å²) in [7, 11) is 0. The summed E-state index contributed by atoms with van der Waals surface area (Å²) in [6, 6.07) is 10.8. The van der Waals surface area contributed by atoms with E-state index in [0.717, 1.165) is 54.8 Å². The van der Waals surface area contributed by atoms with Gasteiger partial charge in [0.05, 0.1) is 5.71 Å². The van der Waals surface area contributed by atoms with E-state index in [-0.39, 0.29) is 0 Å². The van der Waals surface area contributed by atoms with Crippen molar-refractivity contribution < 1.29 is 0 Å². The van der Waals surface area contributed by atoms with Gasteiger partial charge in [0.1, 0.15) is 0 Å². The molecule has 26 heavy (non-hydrogen) atoms. The number of rotatable bonds is 10. The van der Waals surface area contributed by atoms with Crippen LogP contribution < -0.4 is 5.43 Å². The molecule has 0 amide bonds. The molecule has 2 aromatic rings. The first-order chi connectivity index (χ1) is 12.7. The van der Waals surface area contributed by atoms with E-state index in [1.807, 2.05) is 6.92 Å². The molecular formula is C22H32N4. The van der Waals surface area contributed by atoms with Crippen molar-refractivity contribution in [1.29, 1.82) is 0 Å². The van der Waals surface area contributed by atoms with Crippen molar-refractivity contribution in [2.75, 3.05) is 5.43 Å². The van der Waals surface area contributed by atoms with Crippen LogP contribution in [-0.2, 0) is 19.3 Å². The lowest BCUT2D eigenvalue weighted by molar-refractivity contribution is 0.765. The van der Waals surface area contributed by atoms with Crippen molar-refractivity contribution in [3.8, 4) is 0 Å². The fraction of sp³-hybridized carbons (Fsp3) is 0.500. The number of unbranched alkanes of at least 4 members (excludes halogenated alkanes) is 1. The predicted octanol–water partition coefficient (Wildman–Crippen LogP) is 5.56. The molecule has 0 aliphatic rings. The predicted molar refractivity (Wildman–Crippen MR) is 111 cm³/mol. The van der Waals surface area contributed by atoms with Crippen LogP contribution in [0, 0.1) is 0 Å². The van der Waals surface area contributed by atoms with Gasteiger partial charge in [0.2, 0.25) is 5.95 Å². The van der Waals surface area contributed by atoms with Crippen LogP contribution in [0.2, 0.25) is 0 Å². The standard InChI is InChI=1S/C22H32N4/c1-5-8-11-21-16-20(10-7-3)23-22(24-21)26-25-17(4)19-14-12-18(9-6-2)13-15-19/h12-16H,5-11H2,1-4H3,(H,23,24,26). The van der Waals surface area contributed by atoms with Gasteiger partial charge >= 0.3 is 0 Å². The van der Waals surface area contributed by atoms with E-state index in [0.29, 0.717) is 5.95 Å². The Morgan fingerprint density at radius 1 is 0.885 bits per heavy atom. The van der Waals surface area contributed by atoms with E-state index in [1.165, 1.54) is 18.4 Å². The molecule has 1 aromatic heterocycles. The van der Waals surface area contributed by atoms with Crippen LogP contribution in [-0.4, -0.2) is 15.7 Å². The summed E-state index contributed by atoms with van der Waals surface area (Å²) in [4.78, 5) is 9.23. The van der Waals surface area contributed by atoms with Gasteiger partial charge in [0, 0.05) is 11.4 Å². The third-order valence-corrected chi connectivity index (χ3v) is 4.36. The van der Waals surface area contributed by atoms with Crippen molar-refractivity contribution in [3.63, 3.8) is 0 Å². The van der Waals surface area contributed by atoms with Crippen LogP contribution in [0.5, 0.6) is 0 Å². The van der Waals surface area contributed by atoms with E-state index in [1.54, 1.807) is 0 Å². The molecule has 0 aliphatic heterocycles. The third kappa shape index (κ3) is 6.25. The highest BCUT2D eigenvalue weighted by molar-refractivity contribution is 5.99. The Balaban J connectivity index is 2.12. The second-order valence-corrected chi connectivity index (χ2v) is 6.78. The zero-order valence-electron chi connectivity index (χ0n) is 16.7. The normalized spacial score (nSPS) is 11.6. The number of nitrogens with zero attached hydrogens (tertiary/aromatic N) is 3. The van der Waals surface area contributed by atoms with Gasteiger partial charge in [0.25, 0.3) is 0 Å². The Bertz CT molecular complexity index is 705. The largest absolute Gasteiger partial charge is 0.245 e. The van der Waals surface area contributed by atoms with E-state index in [9.17, 15) is 0 Å². The van der Waals surface area contributed by atoms with Crippen molar-refractivity contribution >= 4 is 11.7 Å². The highest BCUT2D eigenvalue weighted by Gasteiger charge is 2.05.